The molecule has 1 unspecified atom stereocenters. The molecule has 2 heterocycles. The molecule has 2 aromatic carbocycles. The number of benzene rings is 2. The van der Waals surface area contributed by atoms with Crippen LogP contribution in [0.4, 0.5) is 5.69 Å². The number of carbonyl (C=O) groups excluding carboxylic acids is 1. The summed E-state index contributed by atoms with van der Waals surface area (Å²) in [6, 6.07) is 14.7. The Kier molecular flexibility index (Phi) is 6.97. The Morgan fingerprint density at radius 3 is 2.55 bits per heavy atom. The molecule has 4 rings (SSSR count). The van der Waals surface area contributed by atoms with E-state index in [1.165, 1.54) is 18.9 Å². The van der Waals surface area contributed by atoms with E-state index in [0.717, 1.165) is 16.8 Å². The van der Waals surface area contributed by atoms with E-state index >= 15 is 0 Å². The third kappa shape index (κ3) is 4.58. The van der Waals surface area contributed by atoms with Gasteiger partial charge < -0.3 is 9.47 Å². The summed E-state index contributed by atoms with van der Waals surface area (Å²) in [6.45, 7) is 2.08. The first-order chi connectivity index (χ1) is 16.1. The first kappa shape index (κ1) is 22.8. The van der Waals surface area contributed by atoms with Gasteiger partial charge >= 0.3 is 0 Å². The second-order valence-electron chi connectivity index (χ2n) is 7.12. The van der Waals surface area contributed by atoms with Gasteiger partial charge in [-0.3, -0.25) is 15.1 Å². The first-order valence-electron chi connectivity index (χ1n) is 10.1. The van der Waals surface area contributed by atoms with Crippen molar-refractivity contribution < 1.29 is 24.0 Å². The van der Waals surface area contributed by atoms with Crippen molar-refractivity contribution in [2.24, 2.45) is 10.1 Å². The predicted octanol–water partition coefficient (Wildman–Crippen LogP) is 3.97. The van der Waals surface area contributed by atoms with Gasteiger partial charge in [-0.05, 0) is 36.4 Å². The number of carbonyl (C=O) groups is 1. The lowest BCUT2D eigenvalue weighted by molar-refractivity contribution is -0.266. The molecule has 2 aliphatic heterocycles. The molecule has 9 nitrogen and oxygen atoms in total. The summed E-state index contributed by atoms with van der Waals surface area (Å²) in [4.78, 5) is 29.7. The van der Waals surface area contributed by atoms with Crippen LogP contribution in [0.1, 0.15) is 18.5 Å². The summed E-state index contributed by atoms with van der Waals surface area (Å²) >= 11 is 1.22. The molecule has 1 N–H and O–H groups in total. The zero-order valence-corrected chi connectivity index (χ0v) is 19.5. The highest BCUT2D eigenvalue weighted by Gasteiger charge is 2.44. The van der Waals surface area contributed by atoms with Crippen LogP contribution in [-0.4, -0.2) is 49.0 Å². The average molecular weight is 469 g/mol. The van der Waals surface area contributed by atoms with E-state index in [-0.39, 0.29) is 23.6 Å². The molecule has 0 saturated carbocycles. The maximum atomic E-state index is 13.4. The van der Waals surface area contributed by atoms with Crippen LogP contribution in [-0.2, 0) is 14.6 Å². The van der Waals surface area contributed by atoms with Gasteiger partial charge in [0.2, 0.25) is 0 Å². The van der Waals surface area contributed by atoms with Crippen LogP contribution >= 0.6 is 11.8 Å². The number of hydrazone groups is 1. The van der Waals surface area contributed by atoms with Gasteiger partial charge in [0.05, 0.1) is 33.1 Å². The molecule has 2 aromatic rings. The fourth-order valence-electron chi connectivity index (χ4n) is 3.63. The van der Waals surface area contributed by atoms with Crippen molar-refractivity contribution in [1.29, 1.82) is 0 Å². The topological polar surface area (TPSA) is 94.0 Å². The number of nitrogens with zero attached hydrogens (tertiary/aromatic N) is 3. The lowest BCUT2D eigenvalue weighted by atomic mass is 9.95. The number of ether oxygens (including phenoxy) is 2. The molecular formula is C23H24N4O5S. The number of fused-ring (bicyclic) bond motifs is 1. The normalized spacial score (nSPS) is 19.0. The number of hydrogen-bond donors (Lipinski definition) is 1. The third-order valence-corrected chi connectivity index (χ3v) is 6.16. The maximum Gasteiger partial charge on any atom is 0.288 e. The van der Waals surface area contributed by atoms with Gasteiger partial charge in [-0.25, -0.2) is 14.8 Å². The molecule has 1 atom stereocenters. The minimum atomic E-state index is -0.373. The van der Waals surface area contributed by atoms with E-state index < -0.39 is 0 Å². The van der Waals surface area contributed by atoms with E-state index in [1.807, 2.05) is 37.3 Å². The van der Waals surface area contributed by atoms with Crippen molar-refractivity contribution in [2.75, 3.05) is 33.4 Å². The van der Waals surface area contributed by atoms with Crippen molar-refractivity contribution >= 4 is 33.6 Å². The predicted molar refractivity (Wildman–Crippen MR) is 127 cm³/mol. The Hall–Kier alpha value is -3.34. The van der Waals surface area contributed by atoms with Crippen LogP contribution in [0, 0.1) is 0 Å². The molecule has 1 fully saturated rings. The van der Waals surface area contributed by atoms with Crippen molar-refractivity contribution in [3.05, 3.63) is 65.4 Å². The minimum Gasteiger partial charge on any atom is -0.493 e. The Labute approximate surface area is 196 Å². The quantitative estimate of drug-likeness (QED) is 0.463. The highest BCUT2D eigenvalue weighted by molar-refractivity contribution is 8.29. The average Bonchev–Trinajstić information content (AvgIpc) is 3.15. The Balaban J connectivity index is 1.64. The SMILES string of the molecule is COOCC1=C(C)N=C2S/C(=N\Nc3ccc(OC)c(OC)c3)C(=O)N2C1c1ccccc1. The number of aliphatic imine (C=N–C) groups is 1. The Morgan fingerprint density at radius 2 is 1.85 bits per heavy atom. The zero-order chi connectivity index (χ0) is 23.4. The zero-order valence-electron chi connectivity index (χ0n) is 18.7. The number of anilines is 1. The fraction of sp³-hybridized carbons (Fsp3) is 0.261. The molecule has 0 aromatic heterocycles. The number of methoxy groups -OCH3 is 2. The monoisotopic (exact) mass is 468 g/mol. The Bertz CT molecular complexity index is 1130. The molecule has 0 aliphatic carbocycles. The van der Waals surface area contributed by atoms with Gasteiger partial charge in [-0.1, -0.05) is 30.3 Å². The number of amidine groups is 1. The molecule has 1 saturated heterocycles. The largest absolute Gasteiger partial charge is 0.493 e. The second kappa shape index (κ2) is 10.1. The molecule has 1 amide bonds. The van der Waals surface area contributed by atoms with E-state index in [4.69, 9.17) is 19.2 Å². The molecule has 0 bridgehead atoms. The Morgan fingerprint density at radius 1 is 1.09 bits per heavy atom. The van der Waals surface area contributed by atoms with Crippen LogP contribution in [0.5, 0.6) is 11.5 Å². The molecule has 2 aliphatic rings. The minimum absolute atomic E-state index is 0.184. The van der Waals surface area contributed by atoms with Crippen LogP contribution in [0.3, 0.4) is 0 Å². The third-order valence-electron chi connectivity index (χ3n) is 5.23. The maximum absolute atomic E-state index is 13.4. The number of allylic oxidation sites excluding steroid dienone is 1. The lowest BCUT2D eigenvalue weighted by Gasteiger charge is -2.33. The van der Waals surface area contributed by atoms with E-state index in [1.54, 1.807) is 37.3 Å². The van der Waals surface area contributed by atoms with Crippen molar-refractivity contribution in [1.82, 2.24) is 4.90 Å². The lowest BCUT2D eigenvalue weighted by Crippen LogP contribution is -2.39. The summed E-state index contributed by atoms with van der Waals surface area (Å²) in [5.41, 5.74) is 6.16. The summed E-state index contributed by atoms with van der Waals surface area (Å²) < 4.78 is 10.6. The van der Waals surface area contributed by atoms with Gasteiger partial charge in [0, 0.05) is 17.3 Å². The number of hydrogen-bond acceptors (Lipinski definition) is 9. The van der Waals surface area contributed by atoms with Crippen LogP contribution in [0.15, 0.2) is 69.9 Å². The summed E-state index contributed by atoms with van der Waals surface area (Å²) in [5, 5.41) is 5.21. The van der Waals surface area contributed by atoms with Gasteiger partial charge in [-0.15, -0.1) is 0 Å². The summed E-state index contributed by atoms with van der Waals surface area (Å²) in [7, 11) is 4.58. The molecular weight excluding hydrogens is 444 g/mol. The molecule has 33 heavy (non-hydrogen) atoms. The van der Waals surface area contributed by atoms with Crippen molar-refractivity contribution in [2.45, 2.75) is 13.0 Å². The van der Waals surface area contributed by atoms with E-state index in [9.17, 15) is 4.79 Å². The standard InChI is InChI=1S/C23H24N4O5S/c1-14-17(13-32-31-4)20(15-8-6-5-7-9-15)27-22(28)21(33-23(27)24-14)26-25-16-10-11-18(29-2)19(12-16)30-3/h5-12,20,25H,13H2,1-4H3/b26-21-. The van der Waals surface area contributed by atoms with Gasteiger partial charge in [0.15, 0.2) is 21.7 Å². The van der Waals surface area contributed by atoms with Crippen LogP contribution in [0.2, 0.25) is 0 Å². The van der Waals surface area contributed by atoms with E-state index in [2.05, 4.69) is 15.5 Å². The number of amides is 1. The molecule has 0 spiro atoms. The van der Waals surface area contributed by atoms with E-state index in [0.29, 0.717) is 22.4 Å². The number of nitrogens with one attached hydrogen (secondary N) is 1. The van der Waals surface area contributed by atoms with Gasteiger partial charge in [0.25, 0.3) is 5.91 Å². The summed E-state index contributed by atoms with van der Waals surface area (Å²) in [6.07, 6.45) is 0. The van der Waals surface area contributed by atoms with Crippen molar-refractivity contribution in [3.63, 3.8) is 0 Å². The van der Waals surface area contributed by atoms with Gasteiger partial charge in [-0.2, -0.15) is 5.10 Å². The van der Waals surface area contributed by atoms with Crippen molar-refractivity contribution in [3.8, 4) is 11.5 Å². The van der Waals surface area contributed by atoms with Crippen LogP contribution < -0.4 is 14.9 Å². The summed E-state index contributed by atoms with van der Waals surface area (Å²) in [5.74, 6) is 0.913. The second-order valence-corrected chi connectivity index (χ2v) is 8.08. The molecule has 10 heteroatoms. The molecule has 0 radical (unpaired) electrons. The molecule has 172 valence electrons. The highest BCUT2D eigenvalue weighted by Crippen LogP contribution is 2.41. The number of rotatable bonds is 8. The van der Waals surface area contributed by atoms with Gasteiger partial charge in [0.1, 0.15) is 6.61 Å². The highest BCUT2D eigenvalue weighted by atomic mass is 32.2. The smallest absolute Gasteiger partial charge is 0.288 e. The number of thioether (sulfide) groups is 1. The van der Waals surface area contributed by atoms with Crippen LogP contribution in [0.25, 0.3) is 0 Å². The first-order valence-corrected chi connectivity index (χ1v) is 10.9. The fourth-order valence-corrected chi connectivity index (χ4v) is 4.54.